The Morgan fingerprint density at radius 1 is 0.839 bits per heavy atom. The molecule has 3 aromatic heterocycles. The fraction of sp³-hybridized carbons (Fsp3) is 0.111. The lowest BCUT2D eigenvalue weighted by Crippen LogP contribution is -2.30. The first-order valence-electron chi connectivity index (χ1n) is 10.4. The summed E-state index contributed by atoms with van der Waals surface area (Å²) in [5, 5.41) is 2.28. The number of hydrogen-bond acceptors (Lipinski definition) is 2. The van der Waals surface area contributed by atoms with Crippen LogP contribution >= 0.6 is 0 Å². The fourth-order valence-electron chi connectivity index (χ4n) is 4.70. The van der Waals surface area contributed by atoms with E-state index in [2.05, 4.69) is 84.9 Å². The predicted molar refractivity (Wildman–Crippen MR) is 125 cm³/mol. The van der Waals surface area contributed by atoms with Crippen molar-refractivity contribution in [2.45, 2.75) is 6.92 Å². The molecule has 0 aliphatic heterocycles. The van der Waals surface area contributed by atoms with Crippen molar-refractivity contribution in [3.8, 4) is 22.6 Å². The molecule has 0 radical (unpaired) electrons. The number of para-hydroxylation sites is 3. The highest BCUT2D eigenvalue weighted by Crippen LogP contribution is 2.38. The first kappa shape index (κ1) is 17.9. The number of aryl methyl sites for hydroxylation is 2. The largest absolute Gasteiger partial charge is 0.456 e. The van der Waals surface area contributed by atoms with Crippen LogP contribution in [0.1, 0.15) is 5.56 Å². The van der Waals surface area contributed by atoms with E-state index in [1.807, 2.05) is 24.3 Å². The number of benzene rings is 3. The van der Waals surface area contributed by atoms with E-state index in [9.17, 15) is 0 Å². The predicted octanol–water partition coefficient (Wildman–Crippen LogP) is 5.94. The van der Waals surface area contributed by atoms with Gasteiger partial charge in [0.1, 0.15) is 29.4 Å². The maximum Gasteiger partial charge on any atom is 0.224 e. The van der Waals surface area contributed by atoms with Gasteiger partial charge in [0.25, 0.3) is 0 Å². The number of furan rings is 1. The van der Waals surface area contributed by atoms with E-state index in [0.717, 1.165) is 50.1 Å². The number of nitrogens with zero attached hydrogens (tertiary/aromatic N) is 3. The lowest BCUT2D eigenvalue weighted by Gasteiger charge is -2.11. The van der Waals surface area contributed by atoms with Gasteiger partial charge in [-0.1, -0.05) is 42.5 Å². The maximum absolute atomic E-state index is 6.15. The van der Waals surface area contributed by atoms with Gasteiger partial charge in [-0.25, -0.2) is 9.55 Å². The third-order valence-corrected chi connectivity index (χ3v) is 6.28. The molecule has 3 aromatic carbocycles. The van der Waals surface area contributed by atoms with Gasteiger partial charge >= 0.3 is 0 Å². The summed E-state index contributed by atoms with van der Waals surface area (Å²) in [4.78, 5) is 4.94. The summed E-state index contributed by atoms with van der Waals surface area (Å²) >= 11 is 0. The molecule has 0 N–H and O–H groups in total. The van der Waals surface area contributed by atoms with Crippen LogP contribution in [0.3, 0.4) is 0 Å². The van der Waals surface area contributed by atoms with Gasteiger partial charge in [0.2, 0.25) is 5.69 Å². The Bertz CT molecular complexity index is 1620. The maximum atomic E-state index is 6.15. The zero-order valence-corrected chi connectivity index (χ0v) is 17.8. The molecule has 0 atom stereocenters. The van der Waals surface area contributed by atoms with Gasteiger partial charge in [-0.05, 0) is 36.8 Å². The molecule has 0 aliphatic carbocycles. The van der Waals surface area contributed by atoms with E-state index in [4.69, 9.17) is 9.40 Å². The lowest BCUT2D eigenvalue weighted by molar-refractivity contribution is -0.659. The molecule has 6 rings (SSSR count). The Kier molecular flexibility index (Phi) is 3.78. The van der Waals surface area contributed by atoms with Gasteiger partial charge in [-0.3, -0.25) is 0 Å². The van der Waals surface area contributed by atoms with E-state index in [0.29, 0.717) is 0 Å². The summed E-state index contributed by atoms with van der Waals surface area (Å²) in [6.07, 6.45) is 2.07. The fourth-order valence-corrected chi connectivity index (χ4v) is 4.70. The van der Waals surface area contributed by atoms with Crippen LogP contribution in [0.5, 0.6) is 0 Å². The minimum Gasteiger partial charge on any atom is -0.456 e. The highest BCUT2D eigenvalue weighted by Gasteiger charge is 2.24. The van der Waals surface area contributed by atoms with Crippen LogP contribution in [-0.4, -0.2) is 9.55 Å². The second-order valence-corrected chi connectivity index (χ2v) is 8.07. The zero-order valence-electron chi connectivity index (χ0n) is 17.8. The Hall–Kier alpha value is -3.92. The van der Waals surface area contributed by atoms with Crippen molar-refractivity contribution in [2.75, 3.05) is 0 Å². The van der Waals surface area contributed by atoms with Crippen molar-refractivity contribution in [3.63, 3.8) is 0 Å². The number of imidazole rings is 1. The first-order valence-corrected chi connectivity index (χ1v) is 10.4. The van der Waals surface area contributed by atoms with Crippen LogP contribution in [0, 0.1) is 6.92 Å². The minimum absolute atomic E-state index is 0.904. The number of fused-ring (bicyclic) bond motifs is 4. The minimum atomic E-state index is 0.904. The van der Waals surface area contributed by atoms with Gasteiger partial charge in [-0.2, -0.15) is 0 Å². The molecule has 6 aromatic rings. The van der Waals surface area contributed by atoms with Gasteiger partial charge in [0, 0.05) is 24.1 Å². The molecule has 0 aliphatic rings. The Morgan fingerprint density at radius 3 is 2.48 bits per heavy atom. The van der Waals surface area contributed by atoms with E-state index in [-0.39, 0.29) is 0 Å². The molecule has 0 unspecified atom stereocenters. The van der Waals surface area contributed by atoms with E-state index < -0.39 is 0 Å². The molecule has 3 heterocycles. The highest BCUT2D eigenvalue weighted by molar-refractivity contribution is 6.10. The summed E-state index contributed by atoms with van der Waals surface area (Å²) < 4.78 is 10.5. The van der Waals surface area contributed by atoms with Gasteiger partial charge in [0.05, 0.1) is 16.6 Å². The molecule has 150 valence electrons. The normalized spacial score (nSPS) is 11.7. The number of rotatable bonds is 2. The molecule has 31 heavy (non-hydrogen) atoms. The standard InChI is InChI=1S/C27H22N3O/c1-17-18(10-8-11-19(17)27-28-21-12-5-6-13-22(21)30(27)3)26-25-20-9-4-7-14-23(20)31-24(25)15-16-29(26)2/h4-16H,1-3H3/q+1. The van der Waals surface area contributed by atoms with Gasteiger partial charge in [0.15, 0.2) is 6.20 Å². The monoisotopic (exact) mass is 404 g/mol. The van der Waals surface area contributed by atoms with Crippen molar-refractivity contribution in [1.29, 1.82) is 0 Å². The van der Waals surface area contributed by atoms with Crippen LogP contribution in [0.4, 0.5) is 0 Å². The second kappa shape index (κ2) is 6.54. The van der Waals surface area contributed by atoms with Crippen molar-refractivity contribution < 1.29 is 8.98 Å². The molecule has 0 bridgehead atoms. The molecule has 0 saturated heterocycles. The van der Waals surface area contributed by atoms with Crippen molar-refractivity contribution in [3.05, 3.63) is 84.6 Å². The van der Waals surface area contributed by atoms with Crippen LogP contribution in [0.25, 0.3) is 55.6 Å². The smallest absolute Gasteiger partial charge is 0.224 e. The van der Waals surface area contributed by atoms with Crippen LogP contribution in [-0.2, 0) is 14.1 Å². The molecular weight excluding hydrogens is 382 g/mol. The molecule has 0 saturated carbocycles. The molecule has 4 nitrogen and oxygen atoms in total. The molecule has 0 spiro atoms. The van der Waals surface area contributed by atoms with Crippen LogP contribution < -0.4 is 4.57 Å². The lowest BCUT2D eigenvalue weighted by atomic mass is 9.96. The van der Waals surface area contributed by atoms with E-state index in [1.54, 1.807) is 0 Å². The summed E-state index contributed by atoms with van der Waals surface area (Å²) in [6.45, 7) is 2.19. The first-order chi connectivity index (χ1) is 15.1. The average Bonchev–Trinajstić information content (AvgIpc) is 3.33. The van der Waals surface area contributed by atoms with Crippen molar-refractivity contribution in [1.82, 2.24) is 9.55 Å². The highest BCUT2D eigenvalue weighted by atomic mass is 16.3. The molecular formula is C27H22N3O+. The third-order valence-electron chi connectivity index (χ3n) is 6.28. The average molecular weight is 404 g/mol. The Morgan fingerprint density at radius 2 is 1.61 bits per heavy atom. The van der Waals surface area contributed by atoms with E-state index >= 15 is 0 Å². The quantitative estimate of drug-likeness (QED) is 0.335. The summed E-state index contributed by atoms with van der Waals surface area (Å²) in [5.74, 6) is 0.979. The summed E-state index contributed by atoms with van der Waals surface area (Å²) in [6, 6.07) is 25.0. The Labute approximate surface area is 180 Å². The van der Waals surface area contributed by atoms with E-state index in [1.165, 1.54) is 11.1 Å². The van der Waals surface area contributed by atoms with Crippen molar-refractivity contribution >= 4 is 33.0 Å². The summed E-state index contributed by atoms with van der Waals surface area (Å²) in [7, 11) is 4.18. The van der Waals surface area contributed by atoms with Gasteiger partial charge < -0.3 is 8.98 Å². The van der Waals surface area contributed by atoms with Crippen molar-refractivity contribution in [2.24, 2.45) is 14.1 Å². The molecule has 0 fully saturated rings. The molecule has 0 amide bonds. The second-order valence-electron chi connectivity index (χ2n) is 8.07. The SMILES string of the molecule is Cc1c(-c2nc3ccccc3n2C)cccc1-c1c2c(cc[n+]1C)oc1ccccc12. The molecule has 4 heteroatoms. The van der Waals surface area contributed by atoms with Crippen LogP contribution in [0.15, 0.2) is 83.4 Å². The third kappa shape index (κ3) is 2.55. The number of hydrogen-bond donors (Lipinski definition) is 0. The van der Waals surface area contributed by atoms with Crippen LogP contribution in [0.2, 0.25) is 0 Å². The topological polar surface area (TPSA) is 34.8 Å². The number of pyridine rings is 1. The van der Waals surface area contributed by atoms with Gasteiger partial charge in [-0.15, -0.1) is 0 Å². The Balaban J connectivity index is 1.66. The zero-order chi connectivity index (χ0) is 21.1. The number of aromatic nitrogens is 3. The summed E-state index contributed by atoms with van der Waals surface area (Å²) in [5.41, 5.74) is 8.64.